The van der Waals surface area contributed by atoms with E-state index in [1.165, 1.54) is 11.6 Å². The number of benzene rings is 1. The monoisotopic (exact) mass is 705 g/mol. The number of nitrogens with two attached hydrogens (primary N) is 1. The van der Waals surface area contributed by atoms with Crippen LogP contribution in [0.4, 0.5) is 42.2 Å². The average Bonchev–Trinajstić information content (AvgIpc) is 3.67. The zero-order valence-corrected chi connectivity index (χ0v) is 27.1. The van der Waals surface area contributed by atoms with Crippen LogP contribution < -0.4 is 15.4 Å². The molecule has 4 aliphatic heterocycles. The van der Waals surface area contributed by atoms with E-state index in [1.54, 1.807) is 4.90 Å². The number of hydrogen-bond donors (Lipinski definition) is 1. The van der Waals surface area contributed by atoms with Gasteiger partial charge >= 0.3 is 18.4 Å². The lowest BCUT2D eigenvalue weighted by atomic mass is 9.91. The third-order valence-electron chi connectivity index (χ3n) is 9.86. The molecule has 2 atom stereocenters. The van der Waals surface area contributed by atoms with Gasteiger partial charge in [0, 0.05) is 42.7 Å². The molecule has 4 aliphatic rings. The van der Waals surface area contributed by atoms with Crippen molar-refractivity contribution < 1.29 is 40.2 Å². The summed E-state index contributed by atoms with van der Waals surface area (Å²) >= 11 is 0. The number of fused-ring (bicyclic) bond motifs is 3. The van der Waals surface area contributed by atoms with E-state index in [4.69, 9.17) is 20.2 Å². The molecule has 3 aromatic rings. The third kappa shape index (κ3) is 6.14. The highest BCUT2D eigenvalue weighted by atomic mass is 19.4. The van der Waals surface area contributed by atoms with Crippen molar-refractivity contribution in [2.45, 2.75) is 82.7 Å². The number of aryl methyl sites for hydroxylation is 1. The second-order valence-corrected chi connectivity index (χ2v) is 13.2. The molecule has 0 bridgehead atoms. The highest BCUT2D eigenvalue weighted by Gasteiger charge is 2.47. The van der Waals surface area contributed by atoms with Gasteiger partial charge in [-0.2, -0.15) is 41.4 Å². The molecule has 1 aromatic carbocycles. The lowest BCUT2D eigenvalue weighted by Gasteiger charge is -2.33. The maximum absolute atomic E-state index is 15.6. The van der Waals surface area contributed by atoms with Crippen molar-refractivity contribution in [2.24, 2.45) is 0 Å². The van der Waals surface area contributed by atoms with Crippen molar-refractivity contribution in [2.75, 3.05) is 36.9 Å². The van der Waals surface area contributed by atoms with Crippen molar-refractivity contribution in [3.63, 3.8) is 0 Å². The first-order valence-corrected chi connectivity index (χ1v) is 16.2. The van der Waals surface area contributed by atoms with Crippen LogP contribution in [0.5, 0.6) is 6.01 Å². The van der Waals surface area contributed by atoms with Crippen LogP contribution in [-0.4, -0.2) is 56.4 Å². The molecule has 50 heavy (non-hydrogen) atoms. The number of hydrogen-bond acceptors (Lipinski definition) is 8. The minimum absolute atomic E-state index is 0.00799. The van der Waals surface area contributed by atoms with Crippen molar-refractivity contribution in [1.82, 2.24) is 24.6 Å². The summed E-state index contributed by atoms with van der Waals surface area (Å²) in [6.45, 7) is 7.68. The van der Waals surface area contributed by atoms with Gasteiger partial charge in [0.25, 0.3) is 0 Å². The second kappa shape index (κ2) is 12.4. The number of nitrogen functional groups attached to an aromatic ring is 1. The molecular formula is C34H34F7N7O2. The Balaban J connectivity index is 1.29. The minimum Gasteiger partial charge on any atom is -0.461 e. The van der Waals surface area contributed by atoms with Crippen molar-refractivity contribution >= 4 is 11.5 Å². The number of aromatic nitrogens is 4. The Labute approximate surface area is 283 Å². The van der Waals surface area contributed by atoms with Crippen LogP contribution in [0.1, 0.15) is 78.0 Å². The Bertz CT molecular complexity index is 1910. The maximum Gasteiger partial charge on any atom is 0.435 e. The van der Waals surface area contributed by atoms with Crippen molar-refractivity contribution in [3.05, 3.63) is 69.4 Å². The first-order valence-electron chi connectivity index (χ1n) is 16.2. The van der Waals surface area contributed by atoms with E-state index in [0.29, 0.717) is 30.0 Å². The summed E-state index contributed by atoms with van der Waals surface area (Å²) in [4.78, 5) is 13.4. The fraction of sp³-hybridized carbons (Fsp3) is 0.500. The van der Waals surface area contributed by atoms with Crippen LogP contribution in [0.15, 0.2) is 24.3 Å². The number of anilines is 2. The summed E-state index contributed by atoms with van der Waals surface area (Å²) < 4.78 is 113. The molecule has 2 fully saturated rings. The molecule has 2 saturated heterocycles. The Morgan fingerprint density at radius 1 is 1.08 bits per heavy atom. The van der Waals surface area contributed by atoms with Gasteiger partial charge in [0.05, 0.1) is 47.4 Å². The van der Waals surface area contributed by atoms with Gasteiger partial charge in [0.1, 0.15) is 12.4 Å². The largest absolute Gasteiger partial charge is 0.461 e. The molecule has 266 valence electrons. The van der Waals surface area contributed by atoms with E-state index < -0.39 is 52.3 Å². The smallest absolute Gasteiger partial charge is 0.435 e. The van der Waals surface area contributed by atoms with Crippen LogP contribution in [0.25, 0.3) is 0 Å². The van der Waals surface area contributed by atoms with Gasteiger partial charge in [-0.25, -0.2) is 4.39 Å². The Morgan fingerprint density at radius 3 is 2.62 bits per heavy atom. The molecule has 0 spiro atoms. The van der Waals surface area contributed by atoms with Crippen LogP contribution >= 0.6 is 0 Å². The Hall–Kier alpha value is -4.36. The summed E-state index contributed by atoms with van der Waals surface area (Å²) in [5.41, 5.74) is 3.57. The average molecular weight is 706 g/mol. The van der Waals surface area contributed by atoms with Gasteiger partial charge < -0.3 is 20.1 Å². The molecule has 2 aromatic heterocycles. The highest BCUT2D eigenvalue weighted by molar-refractivity contribution is 5.59. The van der Waals surface area contributed by atoms with E-state index in [1.807, 2.05) is 0 Å². The summed E-state index contributed by atoms with van der Waals surface area (Å²) in [5.74, 6) is 3.86. The zero-order chi connectivity index (χ0) is 35.6. The minimum atomic E-state index is -4.99. The molecule has 0 amide bonds. The normalized spacial score (nSPS) is 22.4. The molecule has 7 rings (SSSR count). The predicted octanol–water partition coefficient (Wildman–Crippen LogP) is 6.20. The highest BCUT2D eigenvalue weighted by Crippen LogP contribution is 2.45. The van der Waals surface area contributed by atoms with Crippen LogP contribution in [0.2, 0.25) is 0 Å². The molecule has 0 saturated carbocycles. The summed E-state index contributed by atoms with van der Waals surface area (Å²) in [6.07, 6.45) is -8.35. The lowest BCUT2D eigenvalue weighted by molar-refractivity contribution is -0.141. The molecular weight excluding hydrogens is 671 g/mol. The molecule has 0 unspecified atom stereocenters. The van der Waals surface area contributed by atoms with Gasteiger partial charge in [0.2, 0.25) is 0 Å². The van der Waals surface area contributed by atoms with Crippen molar-refractivity contribution in [1.29, 1.82) is 0 Å². The first-order chi connectivity index (χ1) is 23.7. The maximum atomic E-state index is 15.6. The van der Waals surface area contributed by atoms with Gasteiger partial charge in [-0.15, -0.1) is 5.92 Å². The van der Waals surface area contributed by atoms with Crippen LogP contribution in [0.3, 0.4) is 0 Å². The third-order valence-corrected chi connectivity index (χ3v) is 9.86. The van der Waals surface area contributed by atoms with Gasteiger partial charge in [-0.05, 0) is 51.3 Å². The fourth-order valence-electron chi connectivity index (χ4n) is 7.71. The van der Waals surface area contributed by atoms with E-state index in [-0.39, 0.29) is 50.0 Å². The second-order valence-electron chi connectivity index (χ2n) is 13.2. The summed E-state index contributed by atoms with van der Waals surface area (Å²) in [7, 11) is 0. The van der Waals surface area contributed by atoms with E-state index in [0.717, 1.165) is 50.1 Å². The van der Waals surface area contributed by atoms with E-state index in [2.05, 4.69) is 33.4 Å². The Kier molecular flexibility index (Phi) is 8.49. The number of alkyl halides is 6. The number of nitrogens with zero attached hydrogens (tertiary/aromatic N) is 6. The van der Waals surface area contributed by atoms with Crippen molar-refractivity contribution in [3.8, 4) is 17.9 Å². The molecule has 16 heteroatoms. The summed E-state index contributed by atoms with van der Waals surface area (Å²) in [6, 6.07) is 1.81. The molecule has 6 heterocycles. The number of rotatable bonds is 5. The van der Waals surface area contributed by atoms with Crippen LogP contribution in [0, 0.1) is 17.7 Å². The standard InChI is InChI=1S/C34H34F7N7O2/c1-3-6-20-11-23(42)29(35)27(28(20)34(39,40)41)25-13-24-22(17-49-25)30(46-8-5-10-48-21(16-46)12-26(45-48)33(36,37)38)44-31(43-24)50-18-32-7-4-9-47(32)15-19(2)14-32/h11-12,25H,2,4-5,7-10,13-18,42H2,1H3/t25-,32+/m0/s1. The van der Waals surface area contributed by atoms with E-state index in [9.17, 15) is 26.3 Å². The zero-order valence-electron chi connectivity index (χ0n) is 27.1. The van der Waals surface area contributed by atoms with Gasteiger partial charge in [0.15, 0.2) is 11.5 Å². The quantitative estimate of drug-likeness (QED) is 0.145. The predicted molar refractivity (Wildman–Crippen MR) is 167 cm³/mol. The molecule has 9 nitrogen and oxygen atoms in total. The summed E-state index contributed by atoms with van der Waals surface area (Å²) in [5, 5.41) is 3.76. The van der Waals surface area contributed by atoms with Gasteiger partial charge in [-0.3, -0.25) is 9.58 Å². The Morgan fingerprint density at radius 2 is 1.88 bits per heavy atom. The SMILES string of the molecule is C=C1CN2CCC[C@]2(COc2nc3c(c(N4CCCn5nc(C(F)(F)F)cc5C4)n2)CO[C@H](c2c(F)c(N)cc(C#CC)c2C(F)(F)F)C3)C1. The fourth-order valence-corrected chi connectivity index (χ4v) is 7.71. The number of ether oxygens (including phenoxy) is 2. The molecule has 2 N–H and O–H groups in total. The lowest BCUT2D eigenvalue weighted by Crippen LogP contribution is -2.43. The molecule has 0 radical (unpaired) electrons. The molecule has 0 aliphatic carbocycles. The number of halogens is 7. The topological polar surface area (TPSA) is 94.6 Å². The van der Waals surface area contributed by atoms with Crippen LogP contribution in [-0.2, 0) is 43.2 Å². The first kappa shape index (κ1) is 34.1. The van der Waals surface area contributed by atoms with E-state index >= 15 is 4.39 Å². The van der Waals surface area contributed by atoms with Gasteiger partial charge in [-0.1, -0.05) is 18.1 Å².